The molecular weight excluding hydrogens is 325 g/mol. The van der Waals surface area contributed by atoms with Gasteiger partial charge in [-0.05, 0) is 43.7 Å². The Bertz CT molecular complexity index is 642. The van der Waals surface area contributed by atoms with E-state index in [1.807, 2.05) is 13.0 Å². The zero-order valence-electron chi connectivity index (χ0n) is 13.4. The molecule has 1 aromatic carbocycles. The van der Waals surface area contributed by atoms with Gasteiger partial charge < -0.3 is 19.7 Å². The molecule has 5 nitrogen and oxygen atoms in total. The van der Waals surface area contributed by atoms with E-state index in [0.717, 1.165) is 5.56 Å². The Morgan fingerprint density at radius 1 is 1.42 bits per heavy atom. The van der Waals surface area contributed by atoms with Crippen molar-refractivity contribution in [1.82, 2.24) is 5.32 Å². The number of alkyl halides is 3. The van der Waals surface area contributed by atoms with Crippen molar-refractivity contribution in [1.29, 1.82) is 0 Å². The summed E-state index contributed by atoms with van der Waals surface area (Å²) in [5.41, 5.74) is 1.11. The van der Waals surface area contributed by atoms with Crippen molar-refractivity contribution in [3.05, 3.63) is 23.8 Å². The first-order valence-corrected chi connectivity index (χ1v) is 7.67. The van der Waals surface area contributed by atoms with E-state index < -0.39 is 23.8 Å². The summed E-state index contributed by atoms with van der Waals surface area (Å²) < 4.78 is 47.9. The fraction of sp³-hybridized carbons (Fsp3) is 0.562. The molecule has 132 valence electrons. The predicted molar refractivity (Wildman–Crippen MR) is 80.9 cm³/mol. The van der Waals surface area contributed by atoms with Crippen molar-refractivity contribution >= 4 is 11.7 Å². The third-order valence-corrected chi connectivity index (χ3v) is 4.73. The van der Waals surface area contributed by atoms with Gasteiger partial charge in [-0.15, -0.1) is 0 Å². The van der Waals surface area contributed by atoms with Gasteiger partial charge in [0.2, 0.25) is 0 Å². The van der Waals surface area contributed by atoms with Gasteiger partial charge in [-0.1, -0.05) is 0 Å². The summed E-state index contributed by atoms with van der Waals surface area (Å²) in [5, 5.41) is 3.14. The van der Waals surface area contributed by atoms with Crippen LogP contribution in [-0.2, 0) is 9.53 Å². The Balaban J connectivity index is 1.85. The molecule has 0 saturated carbocycles. The topological polar surface area (TPSA) is 50.8 Å². The normalized spacial score (nSPS) is 26.4. The lowest BCUT2D eigenvalue weighted by Crippen LogP contribution is -2.68. The van der Waals surface area contributed by atoms with E-state index in [0.29, 0.717) is 37.5 Å². The van der Waals surface area contributed by atoms with Crippen LogP contribution in [0.4, 0.5) is 18.9 Å². The summed E-state index contributed by atoms with van der Waals surface area (Å²) in [4.78, 5) is 13.0. The number of carbonyl (C=O) groups is 1. The van der Waals surface area contributed by atoms with Crippen LogP contribution < -0.4 is 15.0 Å². The van der Waals surface area contributed by atoms with E-state index in [2.05, 4.69) is 5.32 Å². The molecule has 1 aromatic rings. The van der Waals surface area contributed by atoms with Crippen LogP contribution in [0.15, 0.2) is 18.2 Å². The molecule has 0 amide bonds. The maximum absolute atomic E-state index is 12.6. The first kappa shape index (κ1) is 16.9. The summed E-state index contributed by atoms with van der Waals surface area (Å²) in [6, 6.07) is 5.34. The van der Waals surface area contributed by atoms with Crippen molar-refractivity contribution in [3.8, 4) is 5.75 Å². The van der Waals surface area contributed by atoms with Crippen LogP contribution in [0.2, 0.25) is 0 Å². The molecule has 0 bridgehead atoms. The van der Waals surface area contributed by atoms with Gasteiger partial charge in [0.25, 0.3) is 0 Å². The Morgan fingerprint density at radius 3 is 2.71 bits per heavy atom. The third kappa shape index (κ3) is 2.79. The molecule has 2 saturated heterocycles. The molecule has 2 aliphatic rings. The number of halogens is 3. The molecule has 2 atom stereocenters. The van der Waals surface area contributed by atoms with Crippen molar-refractivity contribution in [2.45, 2.75) is 25.7 Å². The van der Waals surface area contributed by atoms with Gasteiger partial charge in [0.1, 0.15) is 5.75 Å². The fourth-order valence-electron chi connectivity index (χ4n) is 3.45. The van der Waals surface area contributed by atoms with Crippen LogP contribution in [-0.4, -0.2) is 45.1 Å². The van der Waals surface area contributed by atoms with Crippen LogP contribution in [0.1, 0.15) is 12.0 Å². The van der Waals surface area contributed by atoms with Crippen molar-refractivity contribution in [3.63, 3.8) is 0 Å². The van der Waals surface area contributed by atoms with E-state index in [9.17, 15) is 18.0 Å². The average Bonchev–Trinajstić information content (AvgIpc) is 3.01. The Kier molecular flexibility index (Phi) is 4.11. The van der Waals surface area contributed by atoms with E-state index in [1.54, 1.807) is 24.1 Å². The highest BCUT2D eigenvalue weighted by Crippen LogP contribution is 2.46. The number of nitrogens with one attached hydrogen (secondary N) is 1. The second-order valence-electron chi connectivity index (χ2n) is 6.33. The van der Waals surface area contributed by atoms with Gasteiger partial charge in [-0.2, -0.15) is 13.2 Å². The van der Waals surface area contributed by atoms with E-state index >= 15 is 0 Å². The van der Waals surface area contributed by atoms with E-state index in [1.165, 1.54) is 0 Å². The molecule has 0 aromatic heterocycles. The quantitative estimate of drug-likeness (QED) is 0.853. The zero-order valence-corrected chi connectivity index (χ0v) is 13.4. The van der Waals surface area contributed by atoms with Gasteiger partial charge >= 0.3 is 12.1 Å². The highest BCUT2D eigenvalue weighted by atomic mass is 19.4. The van der Waals surface area contributed by atoms with Crippen LogP contribution >= 0.6 is 0 Å². The number of ether oxygens (including phenoxy) is 2. The molecule has 1 N–H and O–H groups in total. The molecule has 0 aliphatic carbocycles. The molecule has 2 heterocycles. The summed E-state index contributed by atoms with van der Waals surface area (Å²) in [5.74, 6) is -1.45. The minimum atomic E-state index is -5.00. The number of hydrogen-bond donors (Lipinski definition) is 1. The monoisotopic (exact) mass is 344 g/mol. The fourth-order valence-corrected chi connectivity index (χ4v) is 3.45. The summed E-state index contributed by atoms with van der Waals surface area (Å²) in [7, 11) is 1.55. The second kappa shape index (κ2) is 5.84. The number of anilines is 1. The first-order valence-electron chi connectivity index (χ1n) is 7.67. The number of aryl methyl sites for hydroxylation is 1. The number of esters is 1. The molecule has 3 rings (SSSR count). The van der Waals surface area contributed by atoms with Gasteiger partial charge in [0.05, 0.1) is 12.5 Å². The summed E-state index contributed by atoms with van der Waals surface area (Å²) in [6.45, 7) is 3.64. The number of carbonyl (C=O) groups excluding carboxylic acids is 1. The van der Waals surface area contributed by atoms with Gasteiger partial charge in [0, 0.05) is 18.8 Å². The lowest BCUT2D eigenvalue weighted by atomic mass is 9.76. The highest BCUT2D eigenvalue weighted by Gasteiger charge is 2.58. The number of methoxy groups -OCH3 is 1. The van der Waals surface area contributed by atoms with Crippen LogP contribution in [0.3, 0.4) is 0 Å². The molecule has 2 unspecified atom stereocenters. The van der Waals surface area contributed by atoms with Crippen LogP contribution in [0.5, 0.6) is 5.75 Å². The zero-order chi connectivity index (χ0) is 17.5. The smallest absolute Gasteiger partial charge is 0.491 e. The lowest BCUT2D eigenvalue weighted by molar-refractivity contribution is -0.215. The summed E-state index contributed by atoms with van der Waals surface area (Å²) in [6.07, 6.45) is -5.24. The predicted octanol–water partition coefficient (Wildman–Crippen LogP) is 2.23. The Morgan fingerprint density at radius 2 is 2.17 bits per heavy atom. The molecule has 0 radical (unpaired) electrons. The lowest BCUT2D eigenvalue weighted by Gasteiger charge is -2.55. The Hall–Kier alpha value is -1.96. The summed E-state index contributed by atoms with van der Waals surface area (Å²) >= 11 is 0. The molecule has 24 heavy (non-hydrogen) atoms. The van der Waals surface area contributed by atoms with Crippen molar-refractivity contribution < 1.29 is 27.4 Å². The largest absolute Gasteiger partial charge is 0.496 e. The number of benzene rings is 1. The third-order valence-electron chi connectivity index (χ3n) is 4.73. The SMILES string of the molecule is COc1ccc(N2CC3(CCNC3)C2OC(=O)C(F)(F)F)cc1C. The second-order valence-corrected chi connectivity index (χ2v) is 6.33. The van der Waals surface area contributed by atoms with Crippen LogP contribution in [0.25, 0.3) is 0 Å². The maximum Gasteiger partial charge on any atom is 0.491 e. The highest BCUT2D eigenvalue weighted by molar-refractivity contribution is 5.76. The molecule has 1 spiro atoms. The van der Waals surface area contributed by atoms with Gasteiger partial charge in [0.15, 0.2) is 6.23 Å². The minimum Gasteiger partial charge on any atom is -0.496 e. The molecular formula is C16H19F3N2O3. The maximum atomic E-state index is 12.6. The van der Waals surface area contributed by atoms with Gasteiger partial charge in [-0.3, -0.25) is 0 Å². The number of nitrogens with zero attached hydrogens (tertiary/aromatic N) is 1. The minimum absolute atomic E-state index is 0.464. The average molecular weight is 344 g/mol. The number of hydrogen-bond acceptors (Lipinski definition) is 5. The molecule has 8 heteroatoms. The van der Waals surface area contributed by atoms with Gasteiger partial charge in [-0.25, -0.2) is 4.79 Å². The molecule has 2 fully saturated rings. The van der Waals surface area contributed by atoms with Crippen LogP contribution in [0, 0.1) is 12.3 Å². The number of rotatable bonds is 3. The Labute approximate surface area is 137 Å². The van der Waals surface area contributed by atoms with Crippen molar-refractivity contribution in [2.75, 3.05) is 31.6 Å². The first-order chi connectivity index (χ1) is 11.3. The standard InChI is InChI=1S/C16H19F3N2O3/c1-10-7-11(3-4-12(10)23-2)21-9-15(5-6-20-8-15)13(21)24-14(22)16(17,18)19/h3-4,7,13,20H,5-6,8-9H2,1-2H3. The molecule has 2 aliphatic heterocycles. The van der Waals surface area contributed by atoms with E-state index in [4.69, 9.17) is 9.47 Å². The van der Waals surface area contributed by atoms with Crippen molar-refractivity contribution in [2.24, 2.45) is 5.41 Å². The van der Waals surface area contributed by atoms with E-state index in [-0.39, 0.29) is 0 Å².